The van der Waals surface area contributed by atoms with E-state index in [9.17, 15) is 4.39 Å². The van der Waals surface area contributed by atoms with E-state index in [1.165, 1.54) is 23.9 Å². The maximum Gasteiger partial charge on any atom is 0.123 e. The first kappa shape index (κ1) is 22.6. The van der Waals surface area contributed by atoms with E-state index in [0.29, 0.717) is 16.6 Å². The second kappa shape index (κ2) is 14.0. The molecule has 0 radical (unpaired) electrons. The molecule has 0 saturated carbocycles. The molecule has 6 heteroatoms. The van der Waals surface area contributed by atoms with Crippen molar-refractivity contribution in [1.82, 2.24) is 5.32 Å². The van der Waals surface area contributed by atoms with Gasteiger partial charge in [0.2, 0.25) is 0 Å². The fourth-order valence-electron chi connectivity index (χ4n) is 1.42. The van der Waals surface area contributed by atoms with Crippen LogP contribution in [0.25, 0.3) is 5.70 Å². The van der Waals surface area contributed by atoms with E-state index in [1.807, 2.05) is 13.8 Å². The van der Waals surface area contributed by atoms with Crippen LogP contribution in [0, 0.1) is 5.82 Å². The summed E-state index contributed by atoms with van der Waals surface area (Å²) in [7, 11) is 0. The number of hydrogen-bond donors (Lipinski definition) is 2. The van der Waals surface area contributed by atoms with Crippen LogP contribution in [0.15, 0.2) is 65.2 Å². The van der Waals surface area contributed by atoms with Gasteiger partial charge in [0.1, 0.15) is 5.82 Å². The zero-order valence-electron chi connectivity index (χ0n) is 13.9. The fraction of sp³-hybridized carbons (Fsp3) is 0.222. The third-order valence-electron chi connectivity index (χ3n) is 2.56. The van der Waals surface area contributed by atoms with Crippen LogP contribution in [0.3, 0.4) is 0 Å². The Morgan fingerprint density at radius 2 is 1.96 bits per heavy atom. The summed E-state index contributed by atoms with van der Waals surface area (Å²) in [5.74, 6) is 0.546. The van der Waals surface area contributed by atoms with Gasteiger partial charge in [-0.1, -0.05) is 44.2 Å². The van der Waals surface area contributed by atoms with Crippen molar-refractivity contribution in [3.8, 4) is 0 Å². The molecule has 0 aromatic heterocycles. The van der Waals surface area contributed by atoms with Gasteiger partial charge in [0, 0.05) is 11.4 Å². The molecule has 0 atom stereocenters. The van der Waals surface area contributed by atoms with Gasteiger partial charge in [0.05, 0.1) is 16.8 Å². The molecular formula is C18H23Cl2FN2S. The van der Waals surface area contributed by atoms with Crippen molar-refractivity contribution in [2.75, 3.05) is 11.8 Å². The molecule has 1 aromatic carbocycles. The van der Waals surface area contributed by atoms with Gasteiger partial charge in [0.25, 0.3) is 0 Å². The first-order valence-electron chi connectivity index (χ1n) is 7.39. The molecule has 2 nitrogen and oxygen atoms in total. The lowest BCUT2D eigenvalue weighted by Gasteiger charge is -2.08. The molecule has 0 aliphatic rings. The van der Waals surface area contributed by atoms with Crippen LogP contribution in [0.2, 0.25) is 0 Å². The summed E-state index contributed by atoms with van der Waals surface area (Å²) < 4.78 is 12.8. The molecule has 0 spiro atoms. The lowest BCUT2D eigenvalue weighted by atomic mass is 10.2. The topological polar surface area (TPSA) is 38.0 Å². The third-order valence-corrected chi connectivity index (χ3v) is 3.91. The van der Waals surface area contributed by atoms with Crippen LogP contribution >= 0.6 is 35.0 Å². The monoisotopic (exact) mass is 388 g/mol. The first-order chi connectivity index (χ1) is 11.6. The molecule has 0 heterocycles. The van der Waals surface area contributed by atoms with Gasteiger partial charge in [-0.05, 0) is 41.3 Å². The van der Waals surface area contributed by atoms with E-state index in [-0.39, 0.29) is 11.7 Å². The van der Waals surface area contributed by atoms with E-state index in [2.05, 4.69) is 11.9 Å². The summed E-state index contributed by atoms with van der Waals surface area (Å²) in [6.07, 6.45) is 5.08. The number of halogens is 3. The summed E-state index contributed by atoms with van der Waals surface area (Å²) in [6, 6.07) is 6.02. The van der Waals surface area contributed by atoms with Gasteiger partial charge in [-0.3, -0.25) is 0 Å². The Morgan fingerprint density at radius 1 is 1.33 bits per heavy atom. The molecule has 3 N–H and O–H groups in total. The molecular weight excluding hydrogens is 366 g/mol. The van der Waals surface area contributed by atoms with Crippen LogP contribution in [-0.2, 0) is 0 Å². The van der Waals surface area contributed by atoms with Crippen LogP contribution in [0.4, 0.5) is 4.39 Å². The number of nitrogens with two attached hydrogens (primary N) is 1. The summed E-state index contributed by atoms with van der Waals surface area (Å²) in [4.78, 5) is 0. The number of thioether (sulfide) groups is 1. The van der Waals surface area contributed by atoms with Crippen LogP contribution in [0.5, 0.6) is 0 Å². The van der Waals surface area contributed by atoms with E-state index in [4.69, 9.17) is 28.9 Å². The van der Waals surface area contributed by atoms with Gasteiger partial charge in [-0.2, -0.15) is 0 Å². The van der Waals surface area contributed by atoms with Gasteiger partial charge in [-0.25, -0.2) is 4.39 Å². The molecule has 0 bridgehead atoms. The second-order valence-electron chi connectivity index (χ2n) is 4.12. The first-order valence-corrected chi connectivity index (χ1v) is 9.35. The standard InChI is InChI=1S/C16H17Cl2FN2S.C2H6/c1-2-3-4-14(18)16(9-17)21-11-22-10-15(20)12-5-7-13(19)8-6-12;1-2/h2-8,10,21H,1,9,11,20H2;1-2H3/b4-3-,15-10-,16-14-;. The van der Waals surface area contributed by atoms with Crippen molar-refractivity contribution in [1.29, 1.82) is 0 Å². The molecule has 0 unspecified atom stereocenters. The highest BCUT2D eigenvalue weighted by molar-refractivity contribution is 8.02. The zero-order valence-corrected chi connectivity index (χ0v) is 16.2. The minimum absolute atomic E-state index is 0.276. The normalized spacial score (nSPS) is 12.3. The van der Waals surface area contributed by atoms with Gasteiger partial charge in [0.15, 0.2) is 0 Å². The maximum absolute atomic E-state index is 12.8. The molecule has 0 aliphatic carbocycles. The minimum Gasteiger partial charge on any atom is -0.398 e. The van der Waals surface area contributed by atoms with Crippen molar-refractivity contribution < 1.29 is 4.39 Å². The highest BCUT2D eigenvalue weighted by Crippen LogP contribution is 2.16. The largest absolute Gasteiger partial charge is 0.398 e. The zero-order chi connectivity index (χ0) is 18.4. The Bertz CT molecular complexity index is 581. The molecule has 1 rings (SSSR count). The Morgan fingerprint density at radius 3 is 2.50 bits per heavy atom. The van der Waals surface area contributed by atoms with E-state index >= 15 is 0 Å². The molecule has 0 aliphatic heterocycles. The van der Waals surface area contributed by atoms with Crippen molar-refractivity contribution in [2.45, 2.75) is 13.8 Å². The molecule has 0 amide bonds. The Kier molecular flexibility index (Phi) is 13.2. The van der Waals surface area contributed by atoms with E-state index < -0.39 is 0 Å². The third kappa shape index (κ3) is 9.06. The van der Waals surface area contributed by atoms with Crippen molar-refractivity contribution in [3.05, 3.63) is 76.6 Å². The Balaban J connectivity index is 0.00000254. The highest BCUT2D eigenvalue weighted by atomic mass is 35.5. The minimum atomic E-state index is -0.287. The van der Waals surface area contributed by atoms with Crippen LogP contribution in [0.1, 0.15) is 19.4 Å². The second-order valence-corrected chi connectivity index (χ2v) is 5.65. The van der Waals surface area contributed by atoms with Gasteiger partial charge < -0.3 is 11.1 Å². The molecule has 1 aromatic rings. The van der Waals surface area contributed by atoms with Crippen molar-refractivity contribution >= 4 is 40.7 Å². The van der Waals surface area contributed by atoms with Gasteiger partial charge >= 0.3 is 0 Å². The lowest BCUT2D eigenvalue weighted by molar-refractivity contribution is 0.627. The van der Waals surface area contributed by atoms with Crippen LogP contribution < -0.4 is 11.1 Å². The van der Waals surface area contributed by atoms with Crippen LogP contribution in [-0.4, -0.2) is 11.8 Å². The quantitative estimate of drug-likeness (QED) is 0.255. The SMILES string of the molecule is C=C/C=C\C(Cl)=C(/CCl)NCS/C=C(\N)c1ccc(F)cc1.CC. The maximum atomic E-state index is 12.8. The smallest absolute Gasteiger partial charge is 0.123 e. The van der Waals surface area contributed by atoms with Crippen molar-refractivity contribution in [2.24, 2.45) is 5.73 Å². The summed E-state index contributed by atoms with van der Waals surface area (Å²) in [6.45, 7) is 7.58. The lowest BCUT2D eigenvalue weighted by Crippen LogP contribution is -2.14. The summed E-state index contributed by atoms with van der Waals surface area (Å²) >= 11 is 13.4. The fourth-order valence-corrected chi connectivity index (χ4v) is 2.59. The summed E-state index contributed by atoms with van der Waals surface area (Å²) in [5.41, 5.74) is 7.99. The highest BCUT2D eigenvalue weighted by Gasteiger charge is 2.01. The van der Waals surface area contributed by atoms with E-state index in [1.54, 1.807) is 35.8 Å². The average molecular weight is 389 g/mol. The molecule has 132 valence electrons. The molecule has 0 saturated heterocycles. The number of allylic oxidation sites excluding steroid dienone is 5. The predicted octanol–water partition coefficient (Wildman–Crippen LogP) is 5.82. The van der Waals surface area contributed by atoms with E-state index in [0.717, 1.165) is 11.3 Å². The predicted molar refractivity (Wildman–Crippen MR) is 108 cm³/mol. The number of nitrogens with one attached hydrogen (secondary N) is 1. The number of hydrogen-bond acceptors (Lipinski definition) is 3. The average Bonchev–Trinajstić information content (AvgIpc) is 2.61. The summed E-state index contributed by atoms with van der Waals surface area (Å²) in [5, 5.41) is 5.45. The Labute approximate surface area is 158 Å². The number of rotatable bonds is 8. The number of benzene rings is 1. The molecule has 24 heavy (non-hydrogen) atoms. The Hall–Kier alpha value is -1.36. The van der Waals surface area contributed by atoms with Crippen molar-refractivity contribution in [3.63, 3.8) is 0 Å². The molecule has 0 fully saturated rings. The number of alkyl halides is 1. The van der Waals surface area contributed by atoms with Gasteiger partial charge in [-0.15, -0.1) is 23.4 Å².